The smallest absolute Gasteiger partial charge is 0.220 e. The summed E-state index contributed by atoms with van der Waals surface area (Å²) in [6, 6.07) is 0. The van der Waals surface area contributed by atoms with E-state index in [9.17, 15) is 19.2 Å². The van der Waals surface area contributed by atoms with E-state index in [0.29, 0.717) is 58.5 Å². The molecule has 0 spiro atoms. The van der Waals surface area contributed by atoms with Crippen LogP contribution in [0.25, 0.3) is 0 Å². The number of nitrogens with two attached hydrogens (primary N) is 2. The van der Waals surface area contributed by atoms with Crippen LogP contribution >= 0.6 is 64.8 Å². The first-order valence-corrected chi connectivity index (χ1v) is 20.2. The molecule has 0 aromatic carbocycles. The molecule has 0 aromatic heterocycles. The van der Waals surface area contributed by atoms with Crippen LogP contribution in [0.2, 0.25) is 0 Å². The van der Waals surface area contributed by atoms with Crippen molar-refractivity contribution in [2.75, 3.05) is 73.8 Å². The molecule has 0 atom stereocenters. The van der Waals surface area contributed by atoms with E-state index in [4.69, 9.17) is 11.5 Å². The average Bonchev–Trinajstić information content (AvgIpc) is 2.90. The molecule has 38 heavy (non-hydrogen) atoms. The fourth-order valence-electron chi connectivity index (χ4n) is 2.50. The standard InChI is InChI=1S/C22H44N6O4S6/c23-7-14-34-37-17-11-27-20(30)4-1-3-19(29)26-10-16-36-33-13-2-9-25-21(31)5-6-22(32)28-12-18-38-35-15-8-24/h1-18,23-24H2,(H,25,31)(H,26,29)(H,27,30)(H,28,32). The third-order valence-electron chi connectivity index (χ3n) is 4.29. The van der Waals surface area contributed by atoms with Crippen molar-refractivity contribution in [1.82, 2.24) is 21.3 Å². The SMILES string of the molecule is NCCSSCCNC(=O)CCCC(=O)NCCSSCCCNC(=O)CCC(=O)NCCSSCCN. The van der Waals surface area contributed by atoms with Gasteiger partial charge in [0.05, 0.1) is 0 Å². The second-order valence-electron chi connectivity index (χ2n) is 7.62. The van der Waals surface area contributed by atoms with Gasteiger partial charge in [0, 0.05) is 99.5 Å². The number of carbonyl (C=O) groups is 4. The van der Waals surface area contributed by atoms with E-state index in [-0.39, 0.29) is 36.5 Å². The molecule has 0 bridgehead atoms. The van der Waals surface area contributed by atoms with Crippen molar-refractivity contribution in [2.24, 2.45) is 11.5 Å². The average molecular weight is 649 g/mol. The maximum Gasteiger partial charge on any atom is 0.220 e. The van der Waals surface area contributed by atoms with Gasteiger partial charge >= 0.3 is 0 Å². The minimum Gasteiger partial charge on any atom is -0.356 e. The van der Waals surface area contributed by atoms with Gasteiger partial charge in [-0.2, -0.15) is 0 Å². The monoisotopic (exact) mass is 648 g/mol. The Morgan fingerprint density at radius 2 is 0.763 bits per heavy atom. The number of rotatable bonds is 27. The second kappa shape index (κ2) is 29.9. The number of hydrogen-bond donors (Lipinski definition) is 6. The van der Waals surface area contributed by atoms with Crippen LogP contribution in [0.4, 0.5) is 0 Å². The molecular weight excluding hydrogens is 605 g/mol. The third kappa shape index (κ3) is 28.9. The van der Waals surface area contributed by atoms with Crippen LogP contribution in [-0.2, 0) is 19.2 Å². The Labute approximate surface area is 251 Å². The quantitative estimate of drug-likeness (QED) is 0.0566. The van der Waals surface area contributed by atoms with Crippen LogP contribution in [-0.4, -0.2) is 97.4 Å². The summed E-state index contributed by atoms with van der Waals surface area (Å²) in [7, 11) is 10.2. The summed E-state index contributed by atoms with van der Waals surface area (Å²) in [4.78, 5) is 47.2. The highest BCUT2D eigenvalue weighted by molar-refractivity contribution is 8.77. The highest BCUT2D eigenvalue weighted by Crippen LogP contribution is 2.21. The summed E-state index contributed by atoms with van der Waals surface area (Å²) in [6.45, 7) is 3.70. The topological polar surface area (TPSA) is 168 Å². The molecular formula is C22H44N6O4S6. The minimum atomic E-state index is -0.109. The van der Waals surface area contributed by atoms with Crippen LogP contribution in [0.3, 0.4) is 0 Å². The van der Waals surface area contributed by atoms with Crippen molar-refractivity contribution < 1.29 is 19.2 Å². The van der Waals surface area contributed by atoms with Crippen molar-refractivity contribution in [3.05, 3.63) is 0 Å². The van der Waals surface area contributed by atoms with Gasteiger partial charge in [-0.1, -0.05) is 64.8 Å². The fraction of sp³-hybridized carbons (Fsp3) is 0.818. The van der Waals surface area contributed by atoms with Gasteiger partial charge in [-0.05, 0) is 12.8 Å². The zero-order chi connectivity index (χ0) is 28.1. The first-order chi connectivity index (χ1) is 18.5. The predicted octanol–water partition coefficient (Wildman–Crippen LogP) is 1.85. The molecule has 0 aliphatic rings. The zero-order valence-corrected chi connectivity index (χ0v) is 26.9. The lowest BCUT2D eigenvalue weighted by molar-refractivity contribution is -0.126. The van der Waals surface area contributed by atoms with E-state index in [1.807, 2.05) is 0 Å². The molecule has 0 aliphatic heterocycles. The number of carbonyl (C=O) groups excluding carboxylic acids is 4. The van der Waals surface area contributed by atoms with Crippen molar-refractivity contribution in [2.45, 2.75) is 38.5 Å². The van der Waals surface area contributed by atoms with Crippen LogP contribution < -0.4 is 32.7 Å². The third-order valence-corrected chi connectivity index (χ3v) is 11.7. The summed E-state index contributed by atoms with van der Waals surface area (Å²) in [5.41, 5.74) is 10.8. The fourth-order valence-corrected chi connectivity index (χ4v) is 8.02. The van der Waals surface area contributed by atoms with Gasteiger partial charge < -0.3 is 32.7 Å². The van der Waals surface area contributed by atoms with E-state index >= 15 is 0 Å². The van der Waals surface area contributed by atoms with Gasteiger partial charge in [0.1, 0.15) is 0 Å². The molecule has 0 saturated heterocycles. The van der Waals surface area contributed by atoms with E-state index in [2.05, 4.69) is 21.3 Å². The van der Waals surface area contributed by atoms with Crippen LogP contribution in [0, 0.1) is 0 Å². The molecule has 0 unspecified atom stereocenters. The van der Waals surface area contributed by atoms with Crippen molar-refractivity contribution in [3.8, 4) is 0 Å². The largest absolute Gasteiger partial charge is 0.356 e. The molecule has 222 valence electrons. The molecule has 16 heteroatoms. The minimum absolute atomic E-state index is 0.0188. The molecule has 4 amide bonds. The Morgan fingerprint density at radius 3 is 1.18 bits per heavy atom. The van der Waals surface area contributed by atoms with Crippen molar-refractivity contribution >= 4 is 88.4 Å². The van der Waals surface area contributed by atoms with Crippen molar-refractivity contribution in [1.29, 1.82) is 0 Å². The highest BCUT2D eigenvalue weighted by atomic mass is 33.1. The van der Waals surface area contributed by atoms with E-state index in [1.54, 1.807) is 64.8 Å². The molecule has 8 N–H and O–H groups in total. The Kier molecular flexibility index (Phi) is 29.8. The number of hydrogen-bond acceptors (Lipinski definition) is 12. The van der Waals surface area contributed by atoms with Crippen LogP contribution in [0.1, 0.15) is 38.5 Å². The lowest BCUT2D eigenvalue weighted by Gasteiger charge is -2.07. The van der Waals surface area contributed by atoms with Crippen molar-refractivity contribution in [3.63, 3.8) is 0 Å². The molecule has 0 aromatic rings. The van der Waals surface area contributed by atoms with Crippen LogP contribution in [0.15, 0.2) is 0 Å². The number of amides is 4. The van der Waals surface area contributed by atoms with E-state index in [1.165, 1.54) is 0 Å². The van der Waals surface area contributed by atoms with E-state index < -0.39 is 0 Å². The summed E-state index contributed by atoms with van der Waals surface area (Å²) in [5, 5.41) is 11.4. The van der Waals surface area contributed by atoms with E-state index in [0.717, 1.165) is 40.9 Å². The van der Waals surface area contributed by atoms with Gasteiger partial charge in [0.25, 0.3) is 0 Å². The van der Waals surface area contributed by atoms with Gasteiger partial charge in [-0.25, -0.2) is 0 Å². The Balaban J connectivity index is 3.43. The Bertz CT molecular complexity index is 639. The molecule has 0 saturated carbocycles. The van der Waals surface area contributed by atoms with Gasteiger partial charge in [-0.15, -0.1) is 0 Å². The molecule has 0 fully saturated rings. The zero-order valence-electron chi connectivity index (χ0n) is 22.0. The molecule has 0 aliphatic carbocycles. The maximum absolute atomic E-state index is 11.9. The Morgan fingerprint density at radius 1 is 0.421 bits per heavy atom. The van der Waals surface area contributed by atoms with Gasteiger partial charge in [0.15, 0.2) is 0 Å². The molecule has 0 rings (SSSR count). The summed E-state index contributed by atoms with van der Waals surface area (Å²) >= 11 is 0. The normalized spacial score (nSPS) is 10.7. The number of nitrogens with one attached hydrogen (secondary N) is 4. The molecule has 10 nitrogen and oxygen atoms in total. The summed E-state index contributed by atoms with van der Waals surface area (Å²) in [5.74, 6) is 4.89. The first kappa shape index (κ1) is 37.9. The molecule has 0 radical (unpaired) electrons. The second-order valence-corrected chi connectivity index (χ2v) is 15.7. The van der Waals surface area contributed by atoms with Gasteiger partial charge in [0.2, 0.25) is 23.6 Å². The summed E-state index contributed by atoms with van der Waals surface area (Å²) < 4.78 is 0. The van der Waals surface area contributed by atoms with Crippen LogP contribution in [0.5, 0.6) is 0 Å². The summed E-state index contributed by atoms with van der Waals surface area (Å²) in [6.07, 6.45) is 2.48. The lowest BCUT2D eigenvalue weighted by atomic mass is 10.2. The predicted molar refractivity (Wildman–Crippen MR) is 173 cm³/mol. The maximum atomic E-state index is 11.9. The highest BCUT2D eigenvalue weighted by Gasteiger charge is 2.07. The Hall–Kier alpha value is -0.100. The molecule has 0 heterocycles. The van der Waals surface area contributed by atoms with Gasteiger partial charge in [-0.3, -0.25) is 19.2 Å². The lowest BCUT2D eigenvalue weighted by Crippen LogP contribution is -2.29. The first-order valence-electron chi connectivity index (χ1n) is 12.7.